The molecule has 0 saturated carbocycles. The van der Waals surface area contributed by atoms with Crippen LogP contribution >= 0.6 is 0 Å². The third kappa shape index (κ3) is 2.03. The topological polar surface area (TPSA) is 58.8 Å². The van der Waals surface area contributed by atoms with Crippen LogP contribution in [0.2, 0.25) is 0 Å². The summed E-state index contributed by atoms with van der Waals surface area (Å²) < 4.78 is 11.2. The molecule has 0 aromatic rings. The van der Waals surface area contributed by atoms with Gasteiger partial charge in [0.2, 0.25) is 5.70 Å². The molecule has 0 fully saturated rings. The highest BCUT2D eigenvalue weighted by molar-refractivity contribution is 5.96. The standard InChI is InChI=1S/C13H17NO4/c1-7(2)11-10(13(16)18-6)9(12(15)17-5)8(3)14(11)4/h4H2,1-3,5-6H3/p+1/b13-10-. The second-order valence-corrected chi connectivity index (χ2v) is 4.11. The summed E-state index contributed by atoms with van der Waals surface area (Å²) in [5.41, 5.74) is 2.74. The first-order valence-corrected chi connectivity index (χ1v) is 5.42. The molecular weight excluding hydrogens is 234 g/mol. The summed E-state index contributed by atoms with van der Waals surface area (Å²) in [6.45, 7) is 9.33. The number of carbonyl (C=O) groups excluding carboxylic acids is 1. The molecule has 0 saturated heterocycles. The van der Waals surface area contributed by atoms with Crippen molar-refractivity contribution >= 4 is 12.7 Å². The monoisotopic (exact) mass is 252 g/mol. The van der Waals surface area contributed by atoms with Crippen LogP contribution in [0, 0.1) is 0 Å². The fourth-order valence-corrected chi connectivity index (χ4v) is 1.92. The Kier molecular flexibility index (Phi) is 3.96. The molecule has 0 atom stereocenters. The number of rotatable bonds is 2. The molecule has 98 valence electrons. The molecule has 0 aliphatic carbocycles. The van der Waals surface area contributed by atoms with E-state index in [1.807, 2.05) is 13.8 Å². The van der Waals surface area contributed by atoms with E-state index in [0.717, 1.165) is 5.57 Å². The molecule has 0 amide bonds. The number of aliphatic hydroxyl groups excluding tert-OH is 1. The van der Waals surface area contributed by atoms with Crippen LogP contribution in [0.15, 0.2) is 34.1 Å². The van der Waals surface area contributed by atoms with Crippen LogP contribution in [-0.4, -0.2) is 36.6 Å². The van der Waals surface area contributed by atoms with Gasteiger partial charge in [0.05, 0.1) is 14.2 Å². The number of nitrogens with zero attached hydrogens (tertiary/aromatic N) is 1. The largest absolute Gasteiger partial charge is 0.480 e. The molecule has 1 rings (SSSR count). The Labute approximate surface area is 106 Å². The number of allylic oxidation sites excluding steroid dienone is 3. The number of aliphatic hydroxyl groups is 1. The molecule has 18 heavy (non-hydrogen) atoms. The van der Waals surface area contributed by atoms with Crippen molar-refractivity contribution in [2.75, 3.05) is 14.2 Å². The molecule has 0 aromatic heterocycles. The fourth-order valence-electron chi connectivity index (χ4n) is 1.92. The molecular formula is C13H18NO4+. The van der Waals surface area contributed by atoms with E-state index in [1.54, 1.807) is 11.5 Å². The minimum atomic E-state index is -0.531. The lowest BCUT2D eigenvalue weighted by Crippen LogP contribution is -2.09. The number of ether oxygens (including phenoxy) is 2. The van der Waals surface area contributed by atoms with Crippen molar-refractivity contribution in [3.05, 3.63) is 34.1 Å². The van der Waals surface area contributed by atoms with E-state index in [4.69, 9.17) is 9.47 Å². The van der Waals surface area contributed by atoms with E-state index >= 15 is 0 Å². The smallest absolute Gasteiger partial charge is 0.345 e. The maximum absolute atomic E-state index is 11.8. The van der Waals surface area contributed by atoms with Crippen LogP contribution in [0.25, 0.3) is 0 Å². The summed E-state index contributed by atoms with van der Waals surface area (Å²) in [5.74, 6) is -0.854. The Bertz CT molecular complexity index is 505. The lowest BCUT2D eigenvalue weighted by atomic mass is 10.0. The Balaban J connectivity index is 3.63. The Morgan fingerprint density at radius 3 is 2.22 bits per heavy atom. The molecule has 1 aliphatic rings. The molecule has 1 aliphatic heterocycles. The van der Waals surface area contributed by atoms with Gasteiger partial charge >= 0.3 is 5.97 Å². The third-order valence-corrected chi connectivity index (χ3v) is 2.79. The van der Waals surface area contributed by atoms with Gasteiger partial charge in [0, 0.05) is 6.92 Å². The van der Waals surface area contributed by atoms with Gasteiger partial charge < -0.3 is 14.6 Å². The zero-order valence-corrected chi connectivity index (χ0v) is 11.3. The summed E-state index contributed by atoms with van der Waals surface area (Å²) in [6, 6.07) is 0. The average molecular weight is 252 g/mol. The van der Waals surface area contributed by atoms with Gasteiger partial charge in [0.25, 0.3) is 5.95 Å². The molecule has 0 bridgehead atoms. The van der Waals surface area contributed by atoms with Crippen LogP contribution in [-0.2, 0) is 14.3 Å². The van der Waals surface area contributed by atoms with Crippen molar-refractivity contribution in [2.45, 2.75) is 20.8 Å². The Hall–Kier alpha value is -2.04. The van der Waals surface area contributed by atoms with Crippen molar-refractivity contribution < 1.29 is 24.0 Å². The lowest BCUT2D eigenvalue weighted by Gasteiger charge is -2.05. The first kappa shape index (κ1) is 14.0. The summed E-state index contributed by atoms with van der Waals surface area (Å²) in [6.07, 6.45) is 0. The Morgan fingerprint density at radius 2 is 1.83 bits per heavy atom. The zero-order chi connectivity index (χ0) is 14.0. The van der Waals surface area contributed by atoms with Gasteiger partial charge in [-0.2, -0.15) is 4.58 Å². The van der Waals surface area contributed by atoms with Crippen LogP contribution < -0.4 is 0 Å². The van der Waals surface area contributed by atoms with Crippen molar-refractivity contribution in [1.82, 2.24) is 0 Å². The molecule has 0 spiro atoms. The normalized spacial score (nSPS) is 18.1. The number of esters is 1. The van der Waals surface area contributed by atoms with Crippen molar-refractivity contribution in [2.24, 2.45) is 0 Å². The van der Waals surface area contributed by atoms with Gasteiger partial charge in [0.1, 0.15) is 17.9 Å². The van der Waals surface area contributed by atoms with E-state index in [1.165, 1.54) is 14.2 Å². The van der Waals surface area contributed by atoms with Crippen molar-refractivity contribution in [3.8, 4) is 0 Å². The first-order chi connectivity index (χ1) is 8.36. The minimum absolute atomic E-state index is 0.267. The minimum Gasteiger partial charge on any atom is -0.480 e. The third-order valence-electron chi connectivity index (χ3n) is 2.79. The predicted octanol–water partition coefficient (Wildman–Crippen LogP) is 1.87. The summed E-state index contributed by atoms with van der Waals surface area (Å²) in [7, 11) is 2.62. The van der Waals surface area contributed by atoms with Gasteiger partial charge in [-0.25, -0.2) is 4.79 Å². The molecule has 0 radical (unpaired) electrons. The molecule has 5 nitrogen and oxygen atoms in total. The van der Waals surface area contributed by atoms with E-state index in [-0.39, 0.29) is 11.5 Å². The molecule has 5 heteroatoms. The summed E-state index contributed by atoms with van der Waals surface area (Å²) in [4.78, 5) is 11.8. The SMILES string of the molecule is C=[N+]1C(C)=C(C(=O)OC)/C(=C(\O)OC)C1=C(C)C. The number of hydrogen-bond acceptors (Lipinski definition) is 4. The summed E-state index contributed by atoms with van der Waals surface area (Å²) >= 11 is 0. The van der Waals surface area contributed by atoms with E-state index in [2.05, 4.69) is 6.72 Å². The van der Waals surface area contributed by atoms with Gasteiger partial charge in [-0.1, -0.05) is 0 Å². The predicted molar refractivity (Wildman–Crippen MR) is 67.1 cm³/mol. The van der Waals surface area contributed by atoms with Crippen LogP contribution in [0.3, 0.4) is 0 Å². The maximum Gasteiger partial charge on any atom is 0.345 e. The number of carbonyl (C=O) groups is 1. The van der Waals surface area contributed by atoms with E-state index < -0.39 is 5.97 Å². The molecule has 0 unspecified atom stereocenters. The molecule has 0 aromatic carbocycles. The molecule has 1 N–H and O–H groups in total. The number of methoxy groups -OCH3 is 2. The van der Waals surface area contributed by atoms with Gasteiger partial charge in [-0.05, 0) is 19.4 Å². The van der Waals surface area contributed by atoms with Gasteiger partial charge in [0.15, 0.2) is 5.70 Å². The van der Waals surface area contributed by atoms with Crippen LogP contribution in [0.1, 0.15) is 20.8 Å². The highest BCUT2D eigenvalue weighted by atomic mass is 16.6. The summed E-state index contributed by atoms with van der Waals surface area (Å²) in [5, 5.41) is 9.85. The lowest BCUT2D eigenvalue weighted by molar-refractivity contribution is -0.402. The second-order valence-electron chi connectivity index (χ2n) is 4.11. The maximum atomic E-state index is 11.8. The van der Waals surface area contributed by atoms with Crippen molar-refractivity contribution in [3.63, 3.8) is 0 Å². The average Bonchev–Trinajstić information content (AvgIpc) is 2.60. The van der Waals surface area contributed by atoms with Crippen LogP contribution in [0.5, 0.6) is 0 Å². The highest BCUT2D eigenvalue weighted by Crippen LogP contribution is 2.36. The van der Waals surface area contributed by atoms with Crippen molar-refractivity contribution in [1.29, 1.82) is 0 Å². The quantitative estimate of drug-likeness (QED) is 0.463. The second kappa shape index (κ2) is 5.08. The Morgan fingerprint density at radius 1 is 1.28 bits per heavy atom. The van der Waals surface area contributed by atoms with E-state index in [9.17, 15) is 9.90 Å². The zero-order valence-electron chi connectivity index (χ0n) is 11.3. The van der Waals surface area contributed by atoms with Crippen LogP contribution in [0.4, 0.5) is 0 Å². The van der Waals surface area contributed by atoms with Gasteiger partial charge in [-0.15, -0.1) is 0 Å². The van der Waals surface area contributed by atoms with E-state index in [0.29, 0.717) is 17.0 Å². The fraction of sp³-hybridized carbons (Fsp3) is 0.385. The number of hydrogen-bond donors (Lipinski definition) is 1. The highest BCUT2D eigenvalue weighted by Gasteiger charge is 2.42. The first-order valence-electron chi connectivity index (χ1n) is 5.42. The van der Waals surface area contributed by atoms with Gasteiger partial charge in [-0.3, -0.25) is 0 Å². The molecule has 1 heterocycles.